The molecule has 0 amide bonds. The molecule has 0 heterocycles. The highest BCUT2D eigenvalue weighted by Gasteiger charge is 2.37. The van der Waals surface area contributed by atoms with Crippen LogP contribution in [0, 0.1) is 11.8 Å². The SMILES string of the molecule is CC1(C)c2cc(-c3ccc4ccccc4c3)ccc2-c2ccc(N(c3ccc(-c4ccccc4)cc3)c3ccc(-c4ccc(-c5ccc(C6CC7C=CC6C7)cc5)cc4)cc3)cc21. The summed E-state index contributed by atoms with van der Waals surface area (Å²) >= 11 is 0. The summed E-state index contributed by atoms with van der Waals surface area (Å²) in [4.78, 5) is 2.41. The summed E-state index contributed by atoms with van der Waals surface area (Å²) in [5, 5.41) is 2.54. The molecule has 63 heavy (non-hydrogen) atoms. The molecule has 1 nitrogen and oxygen atoms in total. The van der Waals surface area contributed by atoms with Crippen molar-refractivity contribution in [2.75, 3.05) is 4.90 Å². The van der Waals surface area contributed by atoms with Crippen LogP contribution in [0.15, 0.2) is 218 Å². The van der Waals surface area contributed by atoms with Crippen LogP contribution >= 0.6 is 0 Å². The maximum Gasteiger partial charge on any atom is 0.0465 e. The van der Waals surface area contributed by atoms with Gasteiger partial charge in [-0.3, -0.25) is 0 Å². The van der Waals surface area contributed by atoms with Crippen molar-refractivity contribution in [3.05, 3.63) is 235 Å². The molecule has 3 aliphatic carbocycles. The van der Waals surface area contributed by atoms with Gasteiger partial charge in [0.15, 0.2) is 0 Å². The first kappa shape index (κ1) is 37.5. The highest BCUT2D eigenvalue weighted by Crippen LogP contribution is 2.52. The summed E-state index contributed by atoms with van der Waals surface area (Å²) in [6.45, 7) is 4.77. The van der Waals surface area contributed by atoms with Gasteiger partial charge in [-0.15, -0.1) is 0 Å². The third-order valence-electron chi connectivity index (χ3n) is 14.5. The van der Waals surface area contributed by atoms with Crippen molar-refractivity contribution in [1.82, 2.24) is 0 Å². The van der Waals surface area contributed by atoms with E-state index in [4.69, 9.17) is 0 Å². The van der Waals surface area contributed by atoms with E-state index in [9.17, 15) is 0 Å². The molecule has 0 radical (unpaired) electrons. The van der Waals surface area contributed by atoms with Gasteiger partial charge in [0.1, 0.15) is 0 Å². The van der Waals surface area contributed by atoms with E-state index in [1.807, 2.05) is 0 Å². The fourth-order valence-electron chi connectivity index (χ4n) is 11.0. The molecular weight excluding hydrogens is 759 g/mol. The van der Waals surface area contributed by atoms with E-state index >= 15 is 0 Å². The summed E-state index contributed by atoms with van der Waals surface area (Å²) in [7, 11) is 0. The van der Waals surface area contributed by atoms with Crippen LogP contribution < -0.4 is 4.90 Å². The minimum Gasteiger partial charge on any atom is -0.310 e. The second-order valence-corrected chi connectivity index (χ2v) is 18.6. The fourth-order valence-corrected chi connectivity index (χ4v) is 11.0. The second kappa shape index (κ2) is 15.0. The van der Waals surface area contributed by atoms with Gasteiger partial charge in [0, 0.05) is 22.5 Å². The van der Waals surface area contributed by atoms with Crippen molar-refractivity contribution in [2.24, 2.45) is 11.8 Å². The summed E-state index contributed by atoms with van der Waals surface area (Å²) in [6.07, 6.45) is 7.53. The molecule has 302 valence electrons. The van der Waals surface area contributed by atoms with E-state index in [0.717, 1.165) is 28.9 Å². The first-order valence-electron chi connectivity index (χ1n) is 22.7. The Morgan fingerprint density at radius 2 is 0.857 bits per heavy atom. The summed E-state index contributed by atoms with van der Waals surface area (Å²) in [6, 6.07) is 76.8. The van der Waals surface area contributed by atoms with Crippen LogP contribution in [0.25, 0.3) is 66.4 Å². The predicted octanol–water partition coefficient (Wildman–Crippen LogP) is 17.0. The molecule has 12 rings (SSSR count). The minimum atomic E-state index is -0.179. The molecule has 0 aromatic heterocycles. The number of hydrogen-bond donors (Lipinski definition) is 0. The fraction of sp³-hybridized carbons (Fsp3) is 0.129. The van der Waals surface area contributed by atoms with E-state index in [0.29, 0.717) is 5.92 Å². The lowest BCUT2D eigenvalue weighted by atomic mass is 9.81. The standard InChI is InChI=1S/C62H49N/c1-62(2)60-39-52(51-23-20-43-10-6-7-11-50(43)38-51)28-34-57(60)58-35-33-56(40-61(58)62)63(54-29-24-47(25-30-54)42-8-4-3-5-9-42)55-31-26-48(27-32-55)45-16-14-44(15-17-45)46-18-21-49(22-19-46)59-37-41-12-13-53(59)36-41/h3-35,38-41,53,59H,36-37H2,1-2H3. The molecule has 0 saturated heterocycles. The van der Waals surface area contributed by atoms with Crippen molar-refractivity contribution in [1.29, 1.82) is 0 Å². The molecule has 9 aromatic carbocycles. The van der Waals surface area contributed by atoms with E-state index in [1.54, 1.807) is 0 Å². The molecule has 3 atom stereocenters. The molecule has 3 unspecified atom stereocenters. The van der Waals surface area contributed by atoms with Crippen LogP contribution in [0.4, 0.5) is 17.1 Å². The number of allylic oxidation sites excluding steroid dienone is 2. The summed E-state index contributed by atoms with van der Waals surface area (Å²) in [5.41, 5.74) is 20.0. The molecule has 1 saturated carbocycles. The second-order valence-electron chi connectivity index (χ2n) is 18.6. The number of fused-ring (bicyclic) bond motifs is 6. The Kier molecular flexibility index (Phi) is 8.94. The van der Waals surface area contributed by atoms with Crippen LogP contribution in [-0.2, 0) is 5.41 Å². The number of rotatable bonds is 8. The molecule has 1 heteroatoms. The Bertz CT molecular complexity index is 3170. The van der Waals surface area contributed by atoms with Gasteiger partial charge in [-0.25, -0.2) is 0 Å². The largest absolute Gasteiger partial charge is 0.310 e. The normalized spacial score (nSPS) is 17.8. The van der Waals surface area contributed by atoms with Crippen molar-refractivity contribution < 1.29 is 0 Å². The van der Waals surface area contributed by atoms with E-state index in [1.165, 1.54) is 95.9 Å². The van der Waals surface area contributed by atoms with Crippen LogP contribution in [0.5, 0.6) is 0 Å². The molecule has 1 fully saturated rings. The topological polar surface area (TPSA) is 3.24 Å². The van der Waals surface area contributed by atoms with E-state index in [-0.39, 0.29) is 5.41 Å². The van der Waals surface area contributed by atoms with Gasteiger partial charge in [0.25, 0.3) is 0 Å². The lowest BCUT2D eigenvalue weighted by Crippen LogP contribution is -2.16. The Balaban J connectivity index is 0.859. The van der Waals surface area contributed by atoms with Gasteiger partial charge in [-0.2, -0.15) is 0 Å². The first-order valence-corrected chi connectivity index (χ1v) is 22.7. The minimum absolute atomic E-state index is 0.179. The monoisotopic (exact) mass is 807 g/mol. The van der Waals surface area contributed by atoms with E-state index in [2.05, 4.69) is 237 Å². The average Bonchev–Trinajstić information content (AvgIpc) is 4.05. The smallest absolute Gasteiger partial charge is 0.0465 e. The molecule has 3 aliphatic rings. The molecule has 9 aromatic rings. The van der Waals surface area contributed by atoms with Crippen LogP contribution in [0.1, 0.15) is 49.3 Å². The van der Waals surface area contributed by atoms with Gasteiger partial charge < -0.3 is 4.90 Å². The number of anilines is 3. The molecule has 0 aliphatic heterocycles. The zero-order valence-electron chi connectivity index (χ0n) is 35.9. The molecular formula is C62H49N. The van der Waals surface area contributed by atoms with Crippen molar-refractivity contribution >= 4 is 27.8 Å². The van der Waals surface area contributed by atoms with Crippen molar-refractivity contribution in [2.45, 2.75) is 38.0 Å². The highest BCUT2D eigenvalue weighted by atomic mass is 15.1. The summed E-state index contributed by atoms with van der Waals surface area (Å²) < 4.78 is 0. The first-order chi connectivity index (χ1) is 30.9. The third-order valence-corrected chi connectivity index (χ3v) is 14.5. The third kappa shape index (κ3) is 6.62. The lowest BCUT2D eigenvalue weighted by Gasteiger charge is -2.28. The van der Waals surface area contributed by atoms with Crippen LogP contribution in [-0.4, -0.2) is 0 Å². The van der Waals surface area contributed by atoms with Gasteiger partial charge >= 0.3 is 0 Å². The van der Waals surface area contributed by atoms with Gasteiger partial charge in [-0.1, -0.05) is 184 Å². The Morgan fingerprint density at radius 1 is 0.381 bits per heavy atom. The molecule has 2 bridgehead atoms. The Hall–Kier alpha value is -7.22. The quantitative estimate of drug-likeness (QED) is 0.138. The van der Waals surface area contributed by atoms with Crippen LogP contribution in [0.3, 0.4) is 0 Å². The maximum absolute atomic E-state index is 2.45. The number of hydrogen-bond acceptors (Lipinski definition) is 1. The van der Waals surface area contributed by atoms with Crippen molar-refractivity contribution in [3.8, 4) is 55.6 Å². The zero-order valence-corrected chi connectivity index (χ0v) is 35.9. The predicted molar refractivity (Wildman–Crippen MR) is 266 cm³/mol. The molecule has 0 N–H and O–H groups in total. The summed E-state index contributed by atoms with van der Waals surface area (Å²) in [5.74, 6) is 2.21. The van der Waals surface area contributed by atoms with Gasteiger partial charge in [-0.05, 0) is 162 Å². The lowest BCUT2D eigenvalue weighted by molar-refractivity contribution is 0.586. The Labute approximate surface area is 371 Å². The number of nitrogens with zero attached hydrogens (tertiary/aromatic N) is 1. The van der Waals surface area contributed by atoms with Crippen LogP contribution in [0.2, 0.25) is 0 Å². The average molecular weight is 808 g/mol. The molecule has 0 spiro atoms. The zero-order chi connectivity index (χ0) is 42.1. The highest BCUT2D eigenvalue weighted by molar-refractivity contribution is 5.90. The number of benzene rings is 9. The maximum atomic E-state index is 2.45. The van der Waals surface area contributed by atoms with Gasteiger partial charge in [0.2, 0.25) is 0 Å². The van der Waals surface area contributed by atoms with E-state index < -0.39 is 0 Å². The Morgan fingerprint density at radius 3 is 1.46 bits per heavy atom. The van der Waals surface area contributed by atoms with Crippen molar-refractivity contribution in [3.63, 3.8) is 0 Å². The van der Waals surface area contributed by atoms with Gasteiger partial charge in [0.05, 0.1) is 0 Å².